The molecule has 1 heterocycles. The smallest absolute Gasteiger partial charge is 0.253 e. The summed E-state index contributed by atoms with van der Waals surface area (Å²) in [5.41, 5.74) is 1.10. The van der Waals surface area contributed by atoms with Gasteiger partial charge in [0.1, 0.15) is 10.7 Å². The first-order valence-corrected chi connectivity index (χ1v) is 10.5. The van der Waals surface area contributed by atoms with Crippen molar-refractivity contribution in [3.05, 3.63) is 58.9 Å². The van der Waals surface area contributed by atoms with Crippen LogP contribution in [0.1, 0.15) is 10.4 Å². The highest BCUT2D eigenvalue weighted by molar-refractivity contribution is 7.89. The van der Waals surface area contributed by atoms with Crippen molar-refractivity contribution in [2.75, 3.05) is 45.2 Å². The van der Waals surface area contributed by atoms with Crippen LogP contribution in [0, 0.1) is 5.82 Å². The van der Waals surface area contributed by atoms with Gasteiger partial charge in [0.2, 0.25) is 10.0 Å². The second-order valence-electron chi connectivity index (χ2n) is 6.71. The number of carbonyl (C=O) groups excluding carboxylic acids is 1. The Kier molecular flexibility index (Phi) is 5.92. The number of hydrogen-bond donors (Lipinski definition) is 0. The summed E-state index contributed by atoms with van der Waals surface area (Å²) in [6, 6.07) is 10.4. The van der Waals surface area contributed by atoms with E-state index in [2.05, 4.69) is 0 Å². The van der Waals surface area contributed by atoms with Crippen molar-refractivity contribution in [3.63, 3.8) is 0 Å². The van der Waals surface area contributed by atoms with E-state index < -0.39 is 10.0 Å². The predicted octanol–water partition coefficient (Wildman–Crippen LogP) is 2.69. The van der Waals surface area contributed by atoms with Gasteiger partial charge in [0.05, 0.1) is 5.02 Å². The monoisotopic (exact) mass is 425 g/mol. The number of hydrogen-bond acceptors (Lipinski definition) is 4. The van der Waals surface area contributed by atoms with Crippen LogP contribution in [0.2, 0.25) is 5.02 Å². The SMILES string of the molecule is CN(C)C(=O)c1ccc(Cl)c(S(=O)(=O)N2CCN(c3ccc(F)cc3)CC2)c1. The zero-order valence-electron chi connectivity index (χ0n) is 15.6. The molecule has 0 aromatic heterocycles. The van der Waals surface area contributed by atoms with Crippen LogP contribution < -0.4 is 4.90 Å². The molecular weight excluding hydrogens is 405 g/mol. The normalized spacial score (nSPS) is 15.5. The van der Waals surface area contributed by atoms with E-state index in [1.54, 1.807) is 26.2 Å². The van der Waals surface area contributed by atoms with E-state index in [1.165, 1.54) is 39.5 Å². The largest absolute Gasteiger partial charge is 0.369 e. The van der Waals surface area contributed by atoms with Gasteiger partial charge in [0.15, 0.2) is 0 Å². The second-order valence-corrected chi connectivity index (χ2v) is 9.03. The van der Waals surface area contributed by atoms with E-state index in [4.69, 9.17) is 11.6 Å². The molecule has 150 valence electrons. The van der Waals surface area contributed by atoms with Gasteiger partial charge in [-0.3, -0.25) is 4.79 Å². The summed E-state index contributed by atoms with van der Waals surface area (Å²) < 4.78 is 40.6. The fourth-order valence-corrected chi connectivity index (χ4v) is 4.99. The van der Waals surface area contributed by atoms with Crippen molar-refractivity contribution in [2.24, 2.45) is 0 Å². The Bertz CT molecular complexity index is 972. The number of anilines is 1. The summed E-state index contributed by atoms with van der Waals surface area (Å²) in [6.07, 6.45) is 0. The zero-order valence-corrected chi connectivity index (χ0v) is 17.2. The molecule has 1 aliphatic heterocycles. The zero-order chi connectivity index (χ0) is 20.5. The molecule has 0 aliphatic carbocycles. The van der Waals surface area contributed by atoms with E-state index in [1.807, 2.05) is 4.90 Å². The molecule has 1 amide bonds. The Hall–Kier alpha value is -2.16. The van der Waals surface area contributed by atoms with Crippen molar-refractivity contribution < 1.29 is 17.6 Å². The molecule has 1 fully saturated rings. The lowest BCUT2D eigenvalue weighted by molar-refractivity contribution is 0.0827. The van der Waals surface area contributed by atoms with Crippen LogP contribution in [0.25, 0.3) is 0 Å². The average Bonchev–Trinajstić information content (AvgIpc) is 2.68. The molecule has 6 nitrogen and oxygen atoms in total. The van der Waals surface area contributed by atoms with Crippen LogP contribution in [-0.4, -0.2) is 63.8 Å². The summed E-state index contributed by atoms with van der Waals surface area (Å²) >= 11 is 6.15. The van der Waals surface area contributed by atoms with Crippen LogP contribution >= 0.6 is 11.6 Å². The molecule has 1 saturated heterocycles. The minimum Gasteiger partial charge on any atom is -0.369 e. The highest BCUT2D eigenvalue weighted by atomic mass is 35.5. The minimum atomic E-state index is -3.84. The highest BCUT2D eigenvalue weighted by Gasteiger charge is 2.31. The maximum absolute atomic E-state index is 13.1. The number of rotatable bonds is 4. The maximum Gasteiger partial charge on any atom is 0.253 e. The number of amides is 1. The van der Waals surface area contributed by atoms with Crippen molar-refractivity contribution >= 4 is 33.2 Å². The molecule has 0 unspecified atom stereocenters. The summed E-state index contributed by atoms with van der Waals surface area (Å²) in [5.74, 6) is -0.610. The van der Waals surface area contributed by atoms with Gasteiger partial charge in [-0.15, -0.1) is 0 Å². The first-order valence-electron chi connectivity index (χ1n) is 8.72. The van der Waals surface area contributed by atoms with Gasteiger partial charge in [-0.05, 0) is 42.5 Å². The Morgan fingerprint density at radius 1 is 1.04 bits per heavy atom. The van der Waals surface area contributed by atoms with Gasteiger partial charge in [-0.1, -0.05) is 11.6 Å². The predicted molar refractivity (Wildman–Crippen MR) is 107 cm³/mol. The van der Waals surface area contributed by atoms with Crippen molar-refractivity contribution in [2.45, 2.75) is 4.90 Å². The molecule has 1 aliphatic rings. The number of piperazine rings is 1. The fraction of sp³-hybridized carbons (Fsp3) is 0.316. The van der Waals surface area contributed by atoms with E-state index in [0.29, 0.717) is 13.1 Å². The summed E-state index contributed by atoms with van der Waals surface area (Å²) in [6.45, 7) is 1.47. The lowest BCUT2D eigenvalue weighted by atomic mass is 10.2. The Morgan fingerprint density at radius 3 is 2.21 bits per heavy atom. The molecule has 3 rings (SSSR count). The van der Waals surface area contributed by atoms with Crippen molar-refractivity contribution in [1.82, 2.24) is 9.21 Å². The molecule has 0 spiro atoms. The van der Waals surface area contributed by atoms with Crippen LogP contribution in [-0.2, 0) is 10.0 Å². The van der Waals surface area contributed by atoms with E-state index >= 15 is 0 Å². The van der Waals surface area contributed by atoms with Gasteiger partial charge in [-0.2, -0.15) is 4.31 Å². The molecule has 2 aromatic carbocycles. The van der Waals surface area contributed by atoms with Gasteiger partial charge >= 0.3 is 0 Å². The molecule has 2 aromatic rings. The van der Waals surface area contributed by atoms with E-state index in [-0.39, 0.29) is 40.3 Å². The molecular formula is C19H21ClFN3O3S. The molecule has 0 N–H and O–H groups in total. The van der Waals surface area contributed by atoms with E-state index in [0.717, 1.165) is 5.69 Å². The number of halogens is 2. The second kappa shape index (κ2) is 8.06. The van der Waals surface area contributed by atoms with Gasteiger partial charge in [0, 0.05) is 51.5 Å². The quantitative estimate of drug-likeness (QED) is 0.755. The molecule has 0 saturated carbocycles. The van der Waals surface area contributed by atoms with Crippen LogP contribution in [0.3, 0.4) is 0 Å². The summed E-state index contributed by atoms with van der Waals surface area (Å²) in [4.78, 5) is 15.5. The third kappa shape index (κ3) is 4.14. The first kappa shape index (κ1) is 20.6. The maximum atomic E-state index is 13.1. The molecule has 0 atom stereocenters. The first-order chi connectivity index (χ1) is 13.2. The lowest BCUT2D eigenvalue weighted by Gasteiger charge is -2.35. The average molecular weight is 426 g/mol. The molecule has 28 heavy (non-hydrogen) atoms. The highest BCUT2D eigenvalue weighted by Crippen LogP contribution is 2.28. The summed E-state index contributed by atoms with van der Waals surface area (Å²) in [5, 5.41) is 0.0799. The molecule has 0 radical (unpaired) electrons. The standard InChI is InChI=1S/C19H21ClFN3O3S/c1-22(2)19(25)14-3-8-17(20)18(13-14)28(26,27)24-11-9-23(10-12-24)16-6-4-15(21)5-7-16/h3-8,13H,9-12H2,1-2H3. The van der Waals surface area contributed by atoms with Crippen molar-refractivity contribution in [3.8, 4) is 0 Å². The Morgan fingerprint density at radius 2 is 1.64 bits per heavy atom. The number of benzene rings is 2. The van der Waals surface area contributed by atoms with Gasteiger partial charge < -0.3 is 9.80 Å². The third-order valence-corrected chi connectivity index (χ3v) is 7.01. The third-order valence-electron chi connectivity index (χ3n) is 4.63. The minimum absolute atomic E-state index is 0.0721. The number of sulfonamides is 1. The van der Waals surface area contributed by atoms with Crippen LogP contribution in [0.5, 0.6) is 0 Å². The van der Waals surface area contributed by atoms with Gasteiger partial charge in [-0.25, -0.2) is 12.8 Å². The van der Waals surface area contributed by atoms with Crippen LogP contribution in [0.15, 0.2) is 47.4 Å². The number of carbonyl (C=O) groups is 1. The number of nitrogens with zero attached hydrogens (tertiary/aromatic N) is 3. The lowest BCUT2D eigenvalue weighted by Crippen LogP contribution is -2.48. The fourth-order valence-electron chi connectivity index (χ4n) is 3.07. The van der Waals surface area contributed by atoms with E-state index in [9.17, 15) is 17.6 Å². The Labute approximate surface area is 169 Å². The molecule has 9 heteroatoms. The summed E-state index contributed by atoms with van der Waals surface area (Å²) in [7, 11) is -0.649. The topological polar surface area (TPSA) is 60.9 Å². The van der Waals surface area contributed by atoms with Gasteiger partial charge in [0.25, 0.3) is 5.91 Å². The Balaban J connectivity index is 1.80. The molecule has 0 bridgehead atoms. The van der Waals surface area contributed by atoms with Crippen molar-refractivity contribution in [1.29, 1.82) is 0 Å². The van der Waals surface area contributed by atoms with Crippen LogP contribution in [0.4, 0.5) is 10.1 Å².